The van der Waals surface area contributed by atoms with Gasteiger partial charge in [-0.05, 0) is 37.3 Å². The highest BCUT2D eigenvalue weighted by molar-refractivity contribution is 9.10. The van der Waals surface area contributed by atoms with Crippen molar-refractivity contribution < 1.29 is 27.5 Å². The third-order valence-corrected chi connectivity index (χ3v) is 3.48. The fourth-order valence-electron chi connectivity index (χ4n) is 1.75. The van der Waals surface area contributed by atoms with Gasteiger partial charge in [-0.15, -0.1) is 0 Å². The Morgan fingerprint density at radius 2 is 1.71 bits per heavy atom. The molecule has 2 aromatic carbocycles. The van der Waals surface area contributed by atoms with Crippen LogP contribution in [0.4, 0.5) is 18.9 Å². The Morgan fingerprint density at radius 3 is 2.38 bits per heavy atom. The molecule has 1 atom stereocenters. The van der Waals surface area contributed by atoms with Gasteiger partial charge in [0.1, 0.15) is 5.82 Å². The Bertz CT molecular complexity index is 798. The van der Waals surface area contributed by atoms with Gasteiger partial charge in [-0.2, -0.15) is 0 Å². The van der Waals surface area contributed by atoms with E-state index in [1.165, 1.54) is 19.1 Å². The van der Waals surface area contributed by atoms with Gasteiger partial charge in [0, 0.05) is 16.2 Å². The molecule has 0 aliphatic carbocycles. The van der Waals surface area contributed by atoms with Crippen molar-refractivity contribution in [3.63, 3.8) is 0 Å². The monoisotopic (exact) mass is 401 g/mol. The van der Waals surface area contributed by atoms with Crippen LogP contribution in [0.3, 0.4) is 0 Å². The van der Waals surface area contributed by atoms with Crippen LogP contribution in [0.15, 0.2) is 40.9 Å². The molecule has 0 aliphatic rings. The molecule has 4 nitrogen and oxygen atoms in total. The zero-order chi connectivity index (χ0) is 17.9. The van der Waals surface area contributed by atoms with Gasteiger partial charge in [0.25, 0.3) is 5.91 Å². The number of hydrogen-bond acceptors (Lipinski definition) is 3. The molecule has 0 bridgehead atoms. The molecule has 8 heteroatoms. The first-order chi connectivity index (χ1) is 11.3. The Labute approximate surface area is 143 Å². The molecule has 2 aromatic rings. The molecule has 0 radical (unpaired) electrons. The summed E-state index contributed by atoms with van der Waals surface area (Å²) >= 11 is 3.10. The zero-order valence-corrected chi connectivity index (χ0v) is 13.9. The summed E-state index contributed by atoms with van der Waals surface area (Å²) in [5.41, 5.74) is -0.340. The van der Waals surface area contributed by atoms with Crippen LogP contribution in [0.2, 0.25) is 0 Å². The van der Waals surface area contributed by atoms with Crippen LogP contribution in [0.5, 0.6) is 0 Å². The van der Waals surface area contributed by atoms with Gasteiger partial charge < -0.3 is 10.1 Å². The number of amides is 1. The molecule has 0 unspecified atom stereocenters. The molecule has 0 saturated heterocycles. The minimum Gasteiger partial charge on any atom is -0.449 e. The molecule has 24 heavy (non-hydrogen) atoms. The lowest BCUT2D eigenvalue weighted by atomic mass is 10.2. The maximum Gasteiger partial charge on any atom is 0.341 e. The first-order valence-corrected chi connectivity index (χ1v) is 7.49. The average molecular weight is 402 g/mol. The fraction of sp³-hybridized carbons (Fsp3) is 0.125. The average Bonchev–Trinajstić information content (AvgIpc) is 2.53. The molecule has 1 N–H and O–H groups in total. The molecule has 1 amide bonds. The summed E-state index contributed by atoms with van der Waals surface area (Å²) in [7, 11) is 0. The lowest BCUT2D eigenvalue weighted by molar-refractivity contribution is -0.123. The summed E-state index contributed by atoms with van der Waals surface area (Å²) in [5, 5.41) is 2.27. The SMILES string of the molecule is C[C@H](OC(=O)c1cc(Br)ccc1F)C(=O)Nc1ccc(F)c(F)c1. The molecule has 0 saturated carbocycles. The Morgan fingerprint density at radius 1 is 1.04 bits per heavy atom. The van der Waals surface area contributed by atoms with E-state index in [2.05, 4.69) is 21.2 Å². The fourth-order valence-corrected chi connectivity index (χ4v) is 2.11. The smallest absolute Gasteiger partial charge is 0.341 e. The van der Waals surface area contributed by atoms with Crippen molar-refractivity contribution in [2.75, 3.05) is 5.32 Å². The lowest BCUT2D eigenvalue weighted by Crippen LogP contribution is -2.30. The summed E-state index contributed by atoms with van der Waals surface area (Å²) in [6.45, 7) is 1.27. The van der Waals surface area contributed by atoms with E-state index in [1.807, 2.05) is 0 Å². The summed E-state index contributed by atoms with van der Waals surface area (Å²) in [5.74, 6) is -4.78. The van der Waals surface area contributed by atoms with Gasteiger partial charge in [0.2, 0.25) is 0 Å². The number of nitrogens with one attached hydrogen (secondary N) is 1. The Hall–Kier alpha value is -2.35. The van der Waals surface area contributed by atoms with Crippen molar-refractivity contribution >= 4 is 33.5 Å². The van der Waals surface area contributed by atoms with Crippen LogP contribution in [0.1, 0.15) is 17.3 Å². The number of rotatable bonds is 4. The molecule has 0 fully saturated rings. The number of ether oxygens (including phenoxy) is 1. The van der Waals surface area contributed by atoms with E-state index in [-0.39, 0.29) is 11.3 Å². The summed E-state index contributed by atoms with van der Waals surface area (Å²) in [4.78, 5) is 23.8. The van der Waals surface area contributed by atoms with Crippen LogP contribution >= 0.6 is 15.9 Å². The first kappa shape index (κ1) is 18.0. The number of esters is 1. The number of carbonyl (C=O) groups is 2. The van der Waals surface area contributed by atoms with Crippen LogP contribution < -0.4 is 5.32 Å². The third-order valence-electron chi connectivity index (χ3n) is 2.99. The highest BCUT2D eigenvalue weighted by Crippen LogP contribution is 2.18. The third kappa shape index (κ3) is 4.35. The molecule has 126 valence electrons. The number of halogens is 4. The second kappa shape index (κ2) is 7.48. The van der Waals surface area contributed by atoms with Crippen LogP contribution in [-0.2, 0) is 9.53 Å². The minimum atomic E-state index is -1.27. The van der Waals surface area contributed by atoms with E-state index in [0.717, 1.165) is 24.3 Å². The quantitative estimate of drug-likeness (QED) is 0.786. The number of anilines is 1. The standard InChI is InChI=1S/C16H11BrF3NO3/c1-8(15(22)21-10-3-5-13(19)14(20)7-10)24-16(23)11-6-9(17)2-4-12(11)18/h2-8H,1H3,(H,21,22)/t8-/m0/s1. The molecule has 0 aliphatic heterocycles. The molecular formula is C16H11BrF3NO3. The highest BCUT2D eigenvalue weighted by Gasteiger charge is 2.21. The van der Waals surface area contributed by atoms with Crippen molar-refractivity contribution in [3.8, 4) is 0 Å². The minimum absolute atomic E-state index is 0.00423. The zero-order valence-electron chi connectivity index (χ0n) is 12.3. The summed E-state index contributed by atoms with van der Waals surface area (Å²) in [6, 6.07) is 6.49. The van der Waals surface area contributed by atoms with E-state index >= 15 is 0 Å². The van der Waals surface area contributed by atoms with Gasteiger partial charge in [0.05, 0.1) is 5.56 Å². The van der Waals surface area contributed by atoms with Crippen molar-refractivity contribution in [2.24, 2.45) is 0 Å². The summed E-state index contributed by atoms with van der Waals surface area (Å²) < 4.78 is 44.9. The Kier molecular flexibility index (Phi) is 5.61. The molecule has 0 aromatic heterocycles. The van der Waals surface area contributed by atoms with E-state index < -0.39 is 35.4 Å². The first-order valence-electron chi connectivity index (χ1n) is 6.70. The number of carbonyl (C=O) groups excluding carboxylic acids is 2. The van der Waals surface area contributed by atoms with E-state index in [0.29, 0.717) is 4.47 Å². The van der Waals surface area contributed by atoms with Gasteiger partial charge in [0.15, 0.2) is 17.7 Å². The van der Waals surface area contributed by atoms with Crippen molar-refractivity contribution in [1.29, 1.82) is 0 Å². The molecular weight excluding hydrogens is 391 g/mol. The van der Waals surface area contributed by atoms with E-state index in [1.54, 1.807) is 0 Å². The van der Waals surface area contributed by atoms with Crippen LogP contribution in [0.25, 0.3) is 0 Å². The van der Waals surface area contributed by atoms with Gasteiger partial charge in [-0.1, -0.05) is 15.9 Å². The Balaban J connectivity index is 2.04. The normalized spacial score (nSPS) is 11.7. The molecule has 2 rings (SSSR count). The predicted molar refractivity (Wildman–Crippen MR) is 84.0 cm³/mol. The number of benzene rings is 2. The second-order valence-electron chi connectivity index (χ2n) is 4.79. The number of hydrogen-bond donors (Lipinski definition) is 1. The van der Waals surface area contributed by atoms with Gasteiger partial charge in [-0.3, -0.25) is 4.79 Å². The molecule has 0 spiro atoms. The lowest BCUT2D eigenvalue weighted by Gasteiger charge is -2.14. The van der Waals surface area contributed by atoms with E-state index in [9.17, 15) is 22.8 Å². The van der Waals surface area contributed by atoms with Crippen molar-refractivity contribution in [2.45, 2.75) is 13.0 Å². The molecule has 0 heterocycles. The summed E-state index contributed by atoms with van der Waals surface area (Å²) in [6.07, 6.45) is -1.27. The predicted octanol–water partition coefficient (Wildman–Crippen LogP) is 4.05. The van der Waals surface area contributed by atoms with Crippen LogP contribution in [0, 0.1) is 17.5 Å². The second-order valence-corrected chi connectivity index (χ2v) is 5.71. The van der Waals surface area contributed by atoms with Gasteiger partial charge in [-0.25, -0.2) is 18.0 Å². The maximum absolute atomic E-state index is 13.6. The van der Waals surface area contributed by atoms with Crippen molar-refractivity contribution in [1.82, 2.24) is 0 Å². The maximum atomic E-state index is 13.6. The van der Waals surface area contributed by atoms with Gasteiger partial charge >= 0.3 is 5.97 Å². The van der Waals surface area contributed by atoms with Crippen LogP contribution in [-0.4, -0.2) is 18.0 Å². The highest BCUT2D eigenvalue weighted by atomic mass is 79.9. The largest absolute Gasteiger partial charge is 0.449 e. The van der Waals surface area contributed by atoms with E-state index in [4.69, 9.17) is 4.74 Å². The topological polar surface area (TPSA) is 55.4 Å². The van der Waals surface area contributed by atoms with Crippen molar-refractivity contribution in [3.05, 3.63) is 63.9 Å².